The van der Waals surface area contributed by atoms with Gasteiger partial charge in [0.25, 0.3) is 5.78 Å². The van der Waals surface area contributed by atoms with Crippen LogP contribution in [0, 0.1) is 6.92 Å². The van der Waals surface area contributed by atoms with Gasteiger partial charge in [-0.2, -0.15) is 14.6 Å². The Morgan fingerprint density at radius 2 is 2.26 bits per heavy atom. The van der Waals surface area contributed by atoms with E-state index in [0.717, 1.165) is 28.7 Å². The standard InChI is InChI=1S/C10H10N8S/c1-6-4-8(18-9(13-6)11-5-12-18)19-10-14-15-16-17(10)7-2-3-7/h4-5,7H,2-3H2,1H3. The van der Waals surface area contributed by atoms with E-state index in [1.807, 2.05) is 17.7 Å². The van der Waals surface area contributed by atoms with Crippen molar-refractivity contribution in [2.24, 2.45) is 0 Å². The maximum Gasteiger partial charge on any atom is 0.253 e. The van der Waals surface area contributed by atoms with Gasteiger partial charge in [-0.25, -0.2) is 9.67 Å². The minimum absolute atomic E-state index is 0.451. The summed E-state index contributed by atoms with van der Waals surface area (Å²) in [7, 11) is 0. The first-order chi connectivity index (χ1) is 9.31. The van der Waals surface area contributed by atoms with Crippen molar-refractivity contribution in [1.29, 1.82) is 0 Å². The Morgan fingerprint density at radius 1 is 1.37 bits per heavy atom. The lowest BCUT2D eigenvalue weighted by Gasteiger charge is -2.04. The highest BCUT2D eigenvalue weighted by molar-refractivity contribution is 7.99. The molecule has 1 fully saturated rings. The van der Waals surface area contributed by atoms with Gasteiger partial charge in [-0.05, 0) is 48.0 Å². The first-order valence-corrected chi connectivity index (χ1v) is 6.76. The normalized spacial score (nSPS) is 15.2. The van der Waals surface area contributed by atoms with Crippen LogP contribution in [-0.2, 0) is 0 Å². The zero-order valence-electron chi connectivity index (χ0n) is 10.1. The van der Waals surface area contributed by atoms with E-state index in [4.69, 9.17) is 0 Å². The molecule has 19 heavy (non-hydrogen) atoms. The van der Waals surface area contributed by atoms with E-state index in [2.05, 4.69) is 30.6 Å². The first-order valence-electron chi connectivity index (χ1n) is 5.94. The quantitative estimate of drug-likeness (QED) is 0.656. The molecule has 9 heteroatoms. The molecule has 0 bridgehead atoms. The molecule has 96 valence electrons. The van der Waals surface area contributed by atoms with Gasteiger partial charge in [-0.1, -0.05) is 0 Å². The Kier molecular flexibility index (Phi) is 2.28. The second-order valence-electron chi connectivity index (χ2n) is 4.45. The molecule has 0 spiro atoms. The van der Waals surface area contributed by atoms with Crippen LogP contribution in [0.5, 0.6) is 0 Å². The van der Waals surface area contributed by atoms with Gasteiger partial charge in [0.05, 0.1) is 6.04 Å². The molecule has 1 saturated carbocycles. The lowest BCUT2D eigenvalue weighted by molar-refractivity contribution is 0.565. The van der Waals surface area contributed by atoms with E-state index in [-0.39, 0.29) is 0 Å². The Bertz CT molecular complexity index is 743. The van der Waals surface area contributed by atoms with Gasteiger partial charge in [0.15, 0.2) is 0 Å². The number of tetrazole rings is 1. The Hall–Kier alpha value is -2.03. The summed E-state index contributed by atoms with van der Waals surface area (Å²) in [5.74, 6) is 0.591. The summed E-state index contributed by atoms with van der Waals surface area (Å²) in [4.78, 5) is 8.42. The van der Waals surface area contributed by atoms with Crippen molar-refractivity contribution in [2.45, 2.75) is 36.0 Å². The number of rotatable bonds is 3. The van der Waals surface area contributed by atoms with E-state index < -0.39 is 0 Å². The van der Waals surface area contributed by atoms with Gasteiger partial charge in [0.2, 0.25) is 5.16 Å². The van der Waals surface area contributed by atoms with Crippen molar-refractivity contribution in [3.63, 3.8) is 0 Å². The molecule has 0 aromatic carbocycles. The highest BCUT2D eigenvalue weighted by atomic mass is 32.2. The molecule has 0 N–H and O–H groups in total. The van der Waals surface area contributed by atoms with Gasteiger partial charge in [0, 0.05) is 5.69 Å². The molecular formula is C10H10N8S. The van der Waals surface area contributed by atoms with Crippen LogP contribution in [0.1, 0.15) is 24.6 Å². The molecule has 1 aliphatic rings. The number of aromatic nitrogens is 8. The predicted octanol–water partition coefficient (Wildman–Crippen LogP) is 0.905. The van der Waals surface area contributed by atoms with Crippen LogP contribution in [-0.4, -0.2) is 39.8 Å². The average molecular weight is 274 g/mol. The van der Waals surface area contributed by atoms with Crippen LogP contribution in [0.2, 0.25) is 0 Å². The van der Waals surface area contributed by atoms with Crippen molar-refractivity contribution >= 4 is 17.5 Å². The van der Waals surface area contributed by atoms with Crippen molar-refractivity contribution < 1.29 is 0 Å². The molecule has 4 rings (SSSR count). The van der Waals surface area contributed by atoms with Crippen molar-refractivity contribution in [1.82, 2.24) is 39.8 Å². The van der Waals surface area contributed by atoms with Crippen molar-refractivity contribution in [2.75, 3.05) is 0 Å². The van der Waals surface area contributed by atoms with Gasteiger partial charge in [-0.3, -0.25) is 0 Å². The Balaban J connectivity index is 1.78. The van der Waals surface area contributed by atoms with E-state index in [1.54, 1.807) is 4.52 Å². The molecule has 3 aromatic heterocycles. The topological polar surface area (TPSA) is 86.7 Å². The fraction of sp³-hybridized carbons (Fsp3) is 0.400. The fourth-order valence-corrected chi connectivity index (χ4v) is 2.85. The summed E-state index contributed by atoms with van der Waals surface area (Å²) in [6, 6.07) is 2.41. The van der Waals surface area contributed by atoms with Gasteiger partial charge in [-0.15, -0.1) is 5.10 Å². The van der Waals surface area contributed by atoms with Crippen LogP contribution in [0.25, 0.3) is 5.78 Å². The maximum absolute atomic E-state index is 4.31. The number of hydrogen-bond acceptors (Lipinski definition) is 7. The monoisotopic (exact) mass is 274 g/mol. The summed E-state index contributed by atoms with van der Waals surface area (Å²) in [6.45, 7) is 1.93. The summed E-state index contributed by atoms with van der Waals surface area (Å²) in [5.41, 5.74) is 0.897. The van der Waals surface area contributed by atoms with Crippen LogP contribution >= 0.6 is 11.8 Å². The minimum Gasteiger partial charge on any atom is -0.217 e. The lowest BCUT2D eigenvalue weighted by Crippen LogP contribution is -2.01. The third kappa shape index (κ3) is 1.86. The molecule has 0 aliphatic heterocycles. The third-order valence-electron chi connectivity index (χ3n) is 2.90. The second-order valence-corrected chi connectivity index (χ2v) is 5.43. The maximum atomic E-state index is 4.31. The summed E-state index contributed by atoms with van der Waals surface area (Å²) >= 11 is 1.48. The van der Waals surface area contributed by atoms with Gasteiger partial charge in [0.1, 0.15) is 11.4 Å². The highest BCUT2D eigenvalue weighted by Crippen LogP contribution is 2.37. The van der Waals surface area contributed by atoms with Crippen LogP contribution < -0.4 is 0 Å². The molecule has 3 heterocycles. The van der Waals surface area contributed by atoms with Crippen molar-refractivity contribution in [3.8, 4) is 0 Å². The molecule has 0 radical (unpaired) electrons. The van der Waals surface area contributed by atoms with E-state index in [0.29, 0.717) is 11.8 Å². The zero-order chi connectivity index (χ0) is 12.8. The van der Waals surface area contributed by atoms with E-state index in [1.165, 1.54) is 18.1 Å². The third-order valence-corrected chi connectivity index (χ3v) is 3.85. The molecular weight excluding hydrogens is 264 g/mol. The van der Waals surface area contributed by atoms with Crippen LogP contribution in [0.15, 0.2) is 22.6 Å². The predicted molar refractivity (Wildman–Crippen MR) is 65.7 cm³/mol. The summed E-state index contributed by atoms with van der Waals surface area (Å²) in [6.07, 6.45) is 3.79. The number of nitrogens with zero attached hydrogens (tertiary/aromatic N) is 8. The molecule has 8 nitrogen and oxygen atoms in total. The molecule has 3 aromatic rings. The fourth-order valence-electron chi connectivity index (χ4n) is 1.86. The largest absolute Gasteiger partial charge is 0.253 e. The molecule has 0 unspecified atom stereocenters. The number of hydrogen-bond donors (Lipinski definition) is 0. The average Bonchev–Trinajstić information content (AvgIpc) is 2.94. The second kappa shape index (κ2) is 3.98. The van der Waals surface area contributed by atoms with Crippen LogP contribution in [0.3, 0.4) is 0 Å². The van der Waals surface area contributed by atoms with Gasteiger partial charge >= 0.3 is 0 Å². The number of fused-ring (bicyclic) bond motifs is 1. The SMILES string of the molecule is Cc1cc(Sc2nnnn2C2CC2)n2ncnc2n1. The molecule has 0 atom stereocenters. The van der Waals surface area contributed by atoms with Crippen molar-refractivity contribution in [3.05, 3.63) is 18.1 Å². The Morgan fingerprint density at radius 3 is 3.11 bits per heavy atom. The minimum atomic E-state index is 0.451. The number of aryl methyl sites for hydroxylation is 1. The Labute approximate surface area is 112 Å². The van der Waals surface area contributed by atoms with E-state index >= 15 is 0 Å². The summed E-state index contributed by atoms with van der Waals surface area (Å²) in [5, 5.41) is 17.7. The first kappa shape index (κ1) is 10.9. The lowest BCUT2D eigenvalue weighted by atomic mass is 10.5. The zero-order valence-corrected chi connectivity index (χ0v) is 10.9. The van der Waals surface area contributed by atoms with E-state index in [9.17, 15) is 0 Å². The van der Waals surface area contributed by atoms with Crippen LogP contribution in [0.4, 0.5) is 0 Å². The highest BCUT2D eigenvalue weighted by Gasteiger charge is 2.28. The smallest absolute Gasteiger partial charge is 0.217 e. The molecule has 0 saturated heterocycles. The molecule has 0 amide bonds. The van der Waals surface area contributed by atoms with Gasteiger partial charge < -0.3 is 0 Å². The summed E-state index contributed by atoms with van der Waals surface area (Å²) < 4.78 is 3.58. The molecule has 1 aliphatic carbocycles.